The van der Waals surface area contributed by atoms with Gasteiger partial charge in [0, 0.05) is 13.1 Å². The van der Waals surface area contributed by atoms with Crippen LogP contribution in [0.1, 0.15) is 97.8 Å². The Morgan fingerprint density at radius 2 is 1.36 bits per heavy atom. The zero-order chi connectivity index (χ0) is 21.2. The molecule has 3 N–H and O–H groups in total. The molecule has 6 heteroatoms. The van der Waals surface area contributed by atoms with Crippen molar-refractivity contribution in [3.63, 3.8) is 0 Å². The highest BCUT2D eigenvalue weighted by Crippen LogP contribution is 2.22. The van der Waals surface area contributed by atoms with Gasteiger partial charge in [0.15, 0.2) is 0 Å². The molecule has 0 aliphatic carbocycles. The lowest BCUT2D eigenvalue weighted by Gasteiger charge is -2.07. The summed E-state index contributed by atoms with van der Waals surface area (Å²) in [5.41, 5.74) is 0. The van der Waals surface area contributed by atoms with Gasteiger partial charge in [0.25, 0.3) is 0 Å². The predicted octanol–water partition coefficient (Wildman–Crippen LogP) is 3.72. The van der Waals surface area contributed by atoms with Crippen LogP contribution < -0.4 is 5.32 Å². The molecule has 0 spiro atoms. The summed E-state index contributed by atoms with van der Waals surface area (Å²) in [6.07, 6.45) is 13.4. The van der Waals surface area contributed by atoms with Crippen LogP contribution >= 0.6 is 0 Å². The van der Waals surface area contributed by atoms with Crippen LogP contribution in [-0.2, 0) is 14.3 Å². The third-order valence-electron chi connectivity index (χ3n) is 4.75. The summed E-state index contributed by atoms with van der Waals surface area (Å²) in [5, 5.41) is 20.3. The van der Waals surface area contributed by atoms with Gasteiger partial charge >= 0.3 is 11.9 Å². The second-order valence-electron chi connectivity index (χ2n) is 8.02. The average Bonchev–Trinajstić information content (AvgIpc) is 2.94. The number of unbranched alkanes of at least 4 members (excludes halogenated alkanes) is 9. The van der Waals surface area contributed by atoms with E-state index in [4.69, 9.17) is 10.2 Å². The molecule has 0 bridgehead atoms. The van der Waals surface area contributed by atoms with Gasteiger partial charge in [0.2, 0.25) is 0 Å². The van der Waals surface area contributed by atoms with Gasteiger partial charge in [-0.2, -0.15) is 0 Å². The van der Waals surface area contributed by atoms with Crippen LogP contribution in [0.15, 0.2) is 0 Å². The van der Waals surface area contributed by atoms with E-state index >= 15 is 0 Å². The van der Waals surface area contributed by atoms with Crippen molar-refractivity contribution in [2.45, 2.75) is 110 Å². The quantitative estimate of drug-likeness (QED) is 0.220. The number of aliphatic hydroxyl groups is 2. The summed E-state index contributed by atoms with van der Waals surface area (Å²) in [4.78, 5) is 22.1. The molecule has 6 nitrogen and oxygen atoms in total. The average molecular weight is 402 g/mol. The maximum absolute atomic E-state index is 11.2. The number of nitrogens with one attached hydrogen (secondary N) is 1. The Balaban J connectivity index is 0.000000684. The van der Waals surface area contributed by atoms with Crippen molar-refractivity contribution in [3.05, 3.63) is 0 Å². The van der Waals surface area contributed by atoms with Gasteiger partial charge in [-0.1, -0.05) is 71.1 Å². The maximum atomic E-state index is 11.2. The molecule has 0 amide bonds. The van der Waals surface area contributed by atoms with E-state index in [1.54, 1.807) is 13.8 Å². The van der Waals surface area contributed by atoms with E-state index in [1.807, 2.05) is 0 Å². The molecule has 1 fully saturated rings. The largest absolute Gasteiger partial charge is 0.393 e. The standard InChI is InChI=1S/C16H28O3.C6H15NO2/c1-2-3-4-5-6-7-8-9-10-11-12-14-13-15(17)19-16(14)18;1-5(8)3-7-4-6(2)9/h14H,2-13H2,1H3;5-9H,3-4H2,1-2H3. The molecule has 1 aliphatic heterocycles. The smallest absolute Gasteiger partial charge is 0.317 e. The minimum Gasteiger partial charge on any atom is -0.393 e. The Morgan fingerprint density at radius 3 is 1.75 bits per heavy atom. The summed E-state index contributed by atoms with van der Waals surface area (Å²) in [6.45, 7) is 6.74. The molecule has 0 aromatic heterocycles. The van der Waals surface area contributed by atoms with Crippen molar-refractivity contribution in [2.75, 3.05) is 13.1 Å². The maximum Gasteiger partial charge on any atom is 0.317 e. The number of carbonyl (C=O) groups is 2. The number of carbonyl (C=O) groups excluding carboxylic acids is 2. The lowest BCUT2D eigenvalue weighted by Crippen LogP contribution is -2.30. The molecule has 3 atom stereocenters. The third-order valence-corrected chi connectivity index (χ3v) is 4.75. The predicted molar refractivity (Wildman–Crippen MR) is 112 cm³/mol. The van der Waals surface area contributed by atoms with E-state index in [0.29, 0.717) is 19.5 Å². The van der Waals surface area contributed by atoms with Crippen molar-refractivity contribution in [1.29, 1.82) is 0 Å². The van der Waals surface area contributed by atoms with E-state index in [2.05, 4.69) is 17.0 Å². The number of esters is 2. The summed E-state index contributed by atoms with van der Waals surface area (Å²) < 4.78 is 4.54. The number of rotatable bonds is 15. The van der Waals surface area contributed by atoms with Crippen LogP contribution in [0.4, 0.5) is 0 Å². The summed E-state index contributed by atoms with van der Waals surface area (Å²) >= 11 is 0. The molecule has 0 aromatic rings. The van der Waals surface area contributed by atoms with Crippen LogP contribution in [0.25, 0.3) is 0 Å². The van der Waals surface area contributed by atoms with Crippen LogP contribution in [0.5, 0.6) is 0 Å². The minimum absolute atomic E-state index is 0.151. The normalized spacial score (nSPS) is 18.4. The molecule has 28 heavy (non-hydrogen) atoms. The molecule has 0 radical (unpaired) electrons. The molecule has 3 unspecified atom stereocenters. The first-order chi connectivity index (χ1) is 13.4. The molecule has 1 heterocycles. The molecule has 1 aliphatic rings. The van der Waals surface area contributed by atoms with Crippen molar-refractivity contribution in [3.8, 4) is 0 Å². The van der Waals surface area contributed by atoms with Gasteiger partial charge in [-0.3, -0.25) is 9.59 Å². The van der Waals surface area contributed by atoms with Crippen molar-refractivity contribution in [1.82, 2.24) is 5.32 Å². The van der Waals surface area contributed by atoms with Gasteiger partial charge < -0.3 is 20.3 Å². The highest BCUT2D eigenvalue weighted by atomic mass is 16.6. The molecule has 166 valence electrons. The molecule has 1 saturated heterocycles. The fourth-order valence-electron chi connectivity index (χ4n) is 3.12. The van der Waals surface area contributed by atoms with Crippen LogP contribution in [0, 0.1) is 5.92 Å². The second kappa shape index (κ2) is 18.1. The number of hydrogen-bond donors (Lipinski definition) is 3. The summed E-state index contributed by atoms with van der Waals surface area (Å²) in [7, 11) is 0. The second-order valence-corrected chi connectivity index (χ2v) is 8.02. The van der Waals surface area contributed by atoms with E-state index in [0.717, 1.165) is 12.8 Å². The molecule has 0 aromatic carbocycles. The Labute approximate surface area is 171 Å². The van der Waals surface area contributed by atoms with Crippen molar-refractivity contribution < 1.29 is 24.5 Å². The number of aliphatic hydroxyl groups excluding tert-OH is 2. The zero-order valence-electron chi connectivity index (χ0n) is 18.3. The number of cyclic esters (lactones) is 2. The first-order valence-corrected chi connectivity index (χ1v) is 11.2. The lowest BCUT2D eigenvalue weighted by atomic mass is 9.99. The highest BCUT2D eigenvalue weighted by molar-refractivity contribution is 5.94. The van der Waals surface area contributed by atoms with Gasteiger partial charge in [0.1, 0.15) is 0 Å². The van der Waals surface area contributed by atoms with Crippen LogP contribution in [0.3, 0.4) is 0 Å². The Bertz CT molecular complexity index is 390. The molecular formula is C22H43NO5. The van der Waals surface area contributed by atoms with Crippen LogP contribution in [0.2, 0.25) is 0 Å². The lowest BCUT2D eigenvalue weighted by molar-refractivity contribution is -0.153. The Morgan fingerprint density at radius 1 is 0.893 bits per heavy atom. The zero-order valence-corrected chi connectivity index (χ0v) is 18.3. The van der Waals surface area contributed by atoms with E-state index in [9.17, 15) is 9.59 Å². The van der Waals surface area contributed by atoms with Crippen molar-refractivity contribution in [2.24, 2.45) is 5.92 Å². The SMILES string of the molecule is CC(O)CNCC(C)O.CCCCCCCCCCCCC1CC(=O)OC1=O. The number of hydrogen-bond acceptors (Lipinski definition) is 6. The van der Waals surface area contributed by atoms with E-state index < -0.39 is 0 Å². The van der Waals surface area contributed by atoms with Crippen LogP contribution in [-0.4, -0.2) is 47.4 Å². The van der Waals surface area contributed by atoms with Gasteiger partial charge in [-0.25, -0.2) is 0 Å². The minimum atomic E-state index is -0.345. The molecule has 0 saturated carbocycles. The Hall–Kier alpha value is -0.980. The summed E-state index contributed by atoms with van der Waals surface area (Å²) in [5.74, 6) is -0.801. The number of ether oxygens (including phenoxy) is 1. The van der Waals surface area contributed by atoms with Gasteiger partial charge in [0.05, 0.1) is 24.5 Å². The first kappa shape index (κ1) is 27.0. The highest BCUT2D eigenvalue weighted by Gasteiger charge is 2.32. The van der Waals surface area contributed by atoms with E-state index in [1.165, 1.54) is 57.8 Å². The Kier molecular flexibility index (Phi) is 17.4. The summed E-state index contributed by atoms with van der Waals surface area (Å²) in [6, 6.07) is 0. The molecular weight excluding hydrogens is 358 g/mol. The van der Waals surface area contributed by atoms with Crippen molar-refractivity contribution >= 4 is 11.9 Å². The monoisotopic (exact) mass is 401 g/mol. The fourth-order valence-corrected chi connectivity index (χ4v) is 3.12. The fraction of sp³-hybridized carbons (Fsp3) is 0.909. The third kappa shape index (κ3) is 17.1. The molecule has 1 rings (SSSR count). The van der Waals surface area contributed by atoms with E-state index in [-0.39, 0.29) is 30.1 Å². The van der Waals surface area contributed by atoms with Gasteiger partial charge in [-0.05, 0) is 20.3 Å². The topological polar surface area (TPSA) is 95.9 Å². The van der Waals surface area contributed by atoms with Gasteiger partial charge in [-0.15, -0.1) is 0 Å². The first-order valence-electron chi connectivity index (χ1n) is 11.2.